The van der Waals surface area contributed by atoms with E-state index < -0.39 is 47.4 Å². The fourth-order valence-electron chi connectivity index (χ4n) is 3.57. The minimum absolute atomic E-state index is 0.165. The smallest absolute Gasteiger partial charge is 0.411 e. The highest BCUT2D eigenvalue weighted by atomic mass is 16.6. The molecule has 4 atom stereocenters. The summed E-state index contributed by atoms with van der Waals surface area (Å²) in [5.74, 6) is -1.48. The van der Waals surface area contributed by atoms with Crippen molar-refractivity contribution in [3.05, 3.63) is 0 Å². The third-order valence-electron chi connectivity index (χ3n) is 5.21. The molecule has 0 bridgehead atoms. The van der Waals surface area contributed by atoms with Gasteiger partial charge in [-0.2, -0.15) is 0 Å². The van der Waals surface area contributed by atoms with Gasteiger partial charge < -0.3 is 28.8 Å². The minimum atomic E-state index is -1.03. The second-order valence-electron chi connectivity index (χ2n) is 10.3. The molecule has 2 rings (SSSR count). The molecular formula is C23H40N2O10. The monoisotopic (exact) mass is 504 g/mol. The summed E-state index contributed by atoms with van der Waals surface area (Å²) in [5.41, 5.74) is -1.23. The molecule has 35 heavy (non-hydrogen) atoms. The molecule has 0 saturated carbocycles. The van der Waals surface area contributed by atoms with Gasteiger partial charge in [-0.25, -0.2) is 19.2 Å². The Morgan fingerprint density at radius 3 is 1.40 bits per heavy atom. The van der Waals surface area contributed by atoms with Gasteiger partial charge in [0.25, 0.3) is 0 Å². The van der Waals surface area contributed by atoms with Crippen LogP contribution in [0.1, 0.15) is 54.4 Å². The minimum Gasteiger partial charge on any atom is -0.480 e. The predicted octanol–water partition coefficient (Wildman–Crippen LogP) is 2.28. The summed E-state index contributed by atoms with van der Waals surface area (Å²) in [5, 5.41) is 9.04. The number of carboxylic acid groups (broad SMARTS) is 1. The van der Waals surface area contributed by atoms with E-state index in [1.807, 2.05) is 0 Å². The van der Waals surface area contributed by atoms with E-state index >= 15 is 0 Å². The summed E-state index contributed by atoms with van der Waals surface area (Å²) in [7, 11) is 4.36. The standard InChI is InChI=1S/C12H21NO5.C11H19NO5/c1-12(2,3)18-11(15)13-7-8(16-4)6-9(13)10(14)17-5;1-11(2,3)17-10(15)12-6-7(16-4)5-8(12)9(13)14/h8-9H,6-7H2,1-5H3;7-8H,5-6H2,1-4H3,(H,13,14)/t8-,9-;7-,8-/m00/s1. The van der Waals surface area contributed by atoms with Crippen LogP contribution in [-0.2, 0) is 33.3 Å². The topological polar surface area (TPSA) is 141 Å². The summed E-state index contributed by atoms with van der Waals surface area (Å²) in [6.07, 6.45) is -0.805. The Labute approximate surface area is 206 Å². The van der Waals surface area contributed by atoms with Gasteiger partial charge in [-0.15, -0.1) is 0 Å². The highest BCUT2D eigenvalue weighted by Gasteiger charge is 2.43. The molecule has 0 aromatic heterocycles. The maximum Gasteiger partial charge on any atom is 0.411 e. The van der Waals surface area contributed by atoms with Gasteiger partial charge in [0.15, 0.2) is 0 Å². The molecule has 0 aromatic carbocycles. The zero-order chi connectivity index (χ0) is 27.1. The number of carboxylic acids is 1. The highest BCUT2D eigenvalue weighted by Crippen LogP contribution is 2.24. The molecule has 2 saturated heterocycles. The number of carbonyl (C=O) groups is 4. The lowest BCUT2D eigenvalue weighted by Crippen LogP contribution is -2.44. The summed E-state index contributed by atoms with van der Waals surface area (Å²) in [6.45, 7) is 11.2. The second kappa shape index (κ2) is 12.4. The lowest BCUT2D eigenvalue weighted by molar-refractivity contribution is -0.145. The lowest BCUT2D eigenvalue weighted by atomic mass is 10.2. The van der Waals surface area contributed by atoms with Crippen LogP contribution in [-0.4, -0.2) is 109 Å². The zero-order valence-electron chi connectivity index (χ0n) is 22.2. The Balaban J connectivity index is 0.000000351. The average Bonchev–Trinajstić information content (AvgIpc) is 3.36. The largest absolute Gasteiger partial charge is 0.480 e. The van der Waals surface area contributed by atoms with E-state index in [2.05, 4.69) is 0 Å². The number of amides is 2. The van der Waals surface area contributed by atoms with Crippen LogP contribution < -0.4 is 0 Å². The first-order chi connectivity index (χ1) is 16.0. The first-order valence-corrected chi connectivity index (χ1v) is 11.4. The zero-order valence-corrected chi connectivity index (χ0v) is 22.2. The number of likely N-dealkylation sites (tertiary alicyclic amines) is 2. The van der Waals surface area contributed by atoms with Crippen LogP contribution in [0.3, 0.4) is 0 Å². The first-order valence-electron chi connectivity index (χ1n) is 11.4. The number of ether oxygens (including phenoxy) is 5. The lowest BCUT2D eigenvalue weighted by Gasteiger charge is -2.27. The Morgan fingerprint density at radius 1 is 0.714 bits per heavy atom. The average molecular weight is 505 g/mol. The van der Waals surface area contributed by atoms with Crippen LogP contribution in [0, 0.1) is 0 Å². The van der Waals surface area contributed by atoms with E-state index in [4.69, 9.17) is 28.8 Å². The Morgan fingerprint density at radius 2 is 1.09 bits per heavy atom. The molecule has 1 N–H and O–H groups in total. The molecule has 202 valence electrons. The van der Waals surface area contributed by atoms with Crippen molar-refractivity contribution in [1.82, 2.24) is 9.80 Å². The molecule has 0 unspecified atom stereocenters. The quantitative estimate of drug-likeness (QED) is 0.448. The fourth-order valence-corrected chi connectivity index (χ4v) is 3.57. The molecule has 2 fully saturated rings. The van der Waals surface area contributed by atoms with Crippen molar-refractivity contribution in [1.29, 1.82) is 0 Å². The van der Waals surface area contributed by atoms with Crippen LogP contribution in [0.5, 0.6) is 0 Å². The van der Waals surface area contributed by atoms with Crippen molar-refractivity contribution in [3.63, 3.8) is 0 Å². The van der Waals surface area contributed by atoms with E-state index in [9.17, 15) is 19.2 Å². The van der Waals surface area contributed by atoms with Gasteiger partial charge in [-0.05, 0) is 41.5 Å². The Kier molecular flexibility index (Phi) is 10.8. The summed E-state index contributed by atoms with van der Waals surface area (Å²) in [6, 6.07) is -1.50. The SMILES string of the molecule is COC(=O)[C@@H]1C[C@H](OC)CN1C(=O)OC(C)(C)C.CO[C@H]1C[C@@H](C(=O)O)N(C(=O)OC(C)(C)C)C1. The predicted molar refractivity (Wildman–Crippen MR) is 124 cm³/mol. The molecule has 12 heteroatoms. The van der Waals surface area contributed by atoms with Gasteiger partial charge >= 0.3 is 24.1 Å². The van der Waals surface area contributed by atoms with E-state index in [0.717, 1.165) is 0 Å². The highest BCUT2D eigenvalue weighted by molar-refractivity contribution is 5.82. The molecule has 2 aliphatic rings. The summed E-state index contributed by atoms with van der Waals surface area (Å²) in [4.78, 5) is 49.1. The van der Waals surface area contributed by atoms with Gasteiger partial charge in [-0.3, -0.25) is 9.80 Å². The third-order valence-corrected chi connectivity index (χ3v) is 5.21. The van der Waals surface area contributed by atoms with Crippen molar-refractivity contribution in [3.8, 4) is 0 Å². The first kappa shape index (κ1) is 30.4. The number of nitrogens with zero attached hydrogens (tertiary/aromatic N) is 2. The molecule has 12 nitrogen and oxygen atoms in total. The van der Waals surface area contributed by atoms with Gasteiger partial charge in [0.05, 0.1) is 32.4 Å². The molecule has 0 radical (unpaired) electrons. The van der Waals surface area contributed by atoms with Crippen molar-refractivity contribution < 1.29 is 48.0 Å². The third kappa shape index (κ3) is 9.52. The van der Waals surface area contributed by atoms with Crippen molar-refractivity contribution in [2.45, 2.75) is 89.9 Å². The van der Waals surface area contributed by atoms with Gasteiger partial charge in [0.2, 0.25) is 0 Å². The van der Waals surface area contributed by atoms with Crippen LogP contribution in [0.2, 0.25) is 0 Å². The van der Waals surface area contributed by atoms with Crippen molar-refractivity contribution in [2.24, 2.45) is 0 Å². The number of methoxy groups -OCH3 is 3. The van der Waals surface area contributed by atoms with Crippen LogP contribution in [0.15, 0.2) is 0 Å². The Hall–Kier alpha value is -2.60. The van der Waals surface area contributed by atoms with Gasteiger partial charge in [0.1, 0.15) is 23.3 Å². The van der Waals surface area contributed by atoms with E-state index in [1.165, 1.54) is 24.0 Å². The fraction of sp³-hybridized carbons (Fsp3) is 0.826. The van der Waals surface area contributed by atoms with Crippen LogP contribution in [0.25, 0.3) is 0 Å². The molecule has 0 aliphatic carbocycles. The summed E-state index contributed by atoms with van der Waals surface area (Å²) >= 11 is 0. The Bertz CT molecular complexity index is 758. The number of aliphatic carboxylic acids is 1. The number of esters is 1. The van der Waals surface area contributed by atoms with Gasteiger partial charge in [-0.1, -0.05) is 0 Å². The number of rotatable bonds is 4. The van der Waals surface area contributed by atoms with Crippen LogP contribution in [0.4, 0.5) is 9.59 Å². The maximum atomic E-state index is 12.0. The molecular weight excluding hydrogens is 464 g/mol. The van der Waals surface area contributed by atoms with Crippen molar-refractivity contribution >= 4 is 24.1 Å². The van der Waals surface area contributed by atoms with Gasteiger partial charge in [0, 0.05) is 27.1 Å². The number of carbonyl (C=O) groups excluding carboxylic acids is 3. The summed E-state index contributed by atoms with van der Waals surface area (Å²) < 4.78 is 25.4. The molecule has 2 amide bonds. The number of hydrogen-bond acceptors (Lipinski definition) is 9. The second-order valence-corrected chi connectivity index (χ2v) is 10.3. The molecule has 2 aliphatic heterocycles. The van der Waals surface area contributed by atoms with Crippen molar-refractivity contribution in [2.75, 3.05) is 34.4 Å². The maximum absolute atomic E-state index is 12.0. The van der Waals surface area contributed by atoms with E-state index in [0.29, 0.717) is 19.4 Å². The normalized spacial score (nSPS) is 24.4. The molecule has 2 heterocycles. The van der Waals surface area contributed by atoms with E-state index in [1.54, 1.807) is 48.7 Å². The van der Waals surface area contributed by atoms with Crippen LogP contribution >= 0.6 is 0 Å². The molecule has 0 spiro atoms. The van der Waals surface area contributed by atoms with E-state index in [-0.39, 0.29) is 18.8 Å². The molecule has 0 aromatic rings. The number of hydrogen-bond donors (Lipinski definition) is 1.